The maximum Gasteiger partial charge on any atom is 0.238 e. The summed E-state index contributed by atoms with van der Waals surface area (Å²) in [5.41, 5.74) is 20.8. The third-order valence-corrected chi connectivity index (χ3v) is 6.30. The maximum atomic E-state index is 13.4. The summed E-state index contributed by atoms with van der Waals surface area (Å²) in [6.07, 6.45) is 1.89. The molecule has 0 spiro atoms. The Morgan fingerprint density at radius 1 is 1.00 bits per heavy atom. The quantitative estimate of drug-likeness (QED) is 0.269. The average Bonchev–Trinajstić information content (AvgIpc) is 2.89. The van der Waals surface area contributed by atoms with Crippen LogP contribution in [0.4, 0.5) is 0 Å². The van der Waals surface area contributed by atoms with Crippen molar-refractivity contribution in [1.82, 2.24) is 15.2 Å². The zero-order valence-corrected chi connectivity index (χ0v) is 21.2. The van der Waals surface area contributed by atoms with Crippen molar-refractivity contribution in [2.75, 3.05) is 26.2 Å². The lowest BCUT2D eigenvalue weighted by Crippen LogP contribution is -2.51. The van der Waals surface area contributed by atoms with Gasteiger partial charge in [0, 0.05) is 50.6 Å². The Labute approximate surface area is 217 Å². The molecule has 2 aromatic carbocycles. The molecule has 1 aromatic heterocycles. The highest BCUT2D eigenvalue weighted by atomic mass is 16.2. The largest absolute Gasteiger partial charge is 0.345 e. The molecule has 0 aliphatic carbocycles. The van der Waals surface area contributed by atoms with E-state index in [2.05, 4.69) is 10.3 Å². The summed E-state index contributed by atoms with van der Waals surface area (Å²) in [6.45, 7) is 3.19. The molecule has 1 heterocycles. The molecular formula is C28H36N6O3. The van der Waals surface area contributed by atoms with Crippen LogP contribution in [0.5, 0.6) is 0 Å². The summed E-state index contributed by atoms with van der Waals surface area (Å²) in [5.74, 6) is -1.03. The van der Waals surface area contributed by atoms with Crippen LogP contribution in [0.3, 0.4) is 0 Å². The number of carbonyl (C=O) groups is 3. The van der Waals surface area contributed by atoms with Crippen molar-refractivity contribution in [2.45, 2.75) is 38.3 Å². The number of nitrogens with one attached hydrogen (secondary N) is 1. The monoisotopic (exact) mass is 504 g/mol. The van der Waals surface area contributed by atoms with Crippen LogP contribution < -0.4 is 22.5 Å². The van der Waals surface area contributed by atoms with E-state index in [4.69, 9.17) is 17.2 Å². The Morgan fingerprint density at radius 2 is 1.68 bits per heavy atom. The minimum absolute atomic E-state index is 0.101. The molecule has 0 radical (unpaired) electrons. The zero-order chi connectivity index (χ0) is 26.8. The van der Waals surface area contributed by atoms with Crippen molar-refractivity contribution in [2.24, 2.45) is 17.2 Å². The Morgan fingerprint density at radius 3 is 2.38 bits per heavy atom. The highest BCUT2D eigenvalue weighted by molar-refractivity contribution is 5.94. The highest BCUT2D eigenvalue weighted by Gasteiger charge is 2.27. The number of carbonyl (C=O) groups excluding carboxylic acids is 3. The predicted octanol–water partition coefficient (Wildman–Crippen LogP) is 0.846. The molecule has 2 amide bonds. The van der Waals surface area contributed by atoms with Gasteiger partial charge in [-0.2, -0.15) is 0 Å². The topological polar surface area (TPSA) is 157 Å². The van der Waals surface area contributed by atoms with Gasteiger partial charge in [0.15, 0.2) is 5.78 Å². The molecule has 9 nitrogen and oxygen atoms in total. The molecule has 0 aliphatic heterocycles. The second-order valence-electron chi connectivity index (χ2n) is 9.14. The van der Waals surface area contributed by atoms with Gasteiger partial charge in [-0.25, -0.2) is 0 Å². The van der Waals surface area contributed by atoms with Gasteiger partial charge in [0.2, 0.25) is 11.8 Å². The van der Waals surface area contributed by atoms with E-state index in [1.54, 1.807) is 6.20 Å². The normalized spacial score (nSPS) is 12.6. The number of aromatic nitrogens is 1. The average molecular weight is 505 g/mol. The van der Waals surface area contributed by atoms with Gasteiger partial charge in [0.1, 0.15) is 0 Å². The van der Waals surface area contributed by atoms with Crippen molar-refractivity contribution < 1.29 is 14.4 Å². The molecule has 0 saturated carbocycles. The van der Waals surface area contributed by atoms with Crippen LogP contribution in [0.1, 0.15) is 23.1 Å². The molecular weight excluding hydrogens is 468 g/mol. The Kier molecular flexibility index (Phi) is 10.3. The Bertz CT molecular complexity index is 1230. The number of Topliss-reactive ketones (excluding diaryl/α,β-unsaturated/α-hetero) is 1. The van der Waals surface area contributed by atoms with Gasteiger partial charge in [0.25, 0.3) is 0 Å². The van der Waals surface area contributed by atoms with Crippen LogP contribution in [0.15, 0.2) is 60.8 Å². The van der Waals surface area contributed by atoms with Crippen LogP contribution in [0.2, 0.25) is 0 Å². The minimum atomic E-state index is -1.11. The van der Waals surface area contributed by atoms with E-state index in [1.807, 2.05) is 61.5 Å². The first kappa shape index (κ1) is 27.9. The van der Waals surface area contributed by atoms with Crippen molar-refractivity contribution >= 4 is 28.5 Å². The van der Waals surface area contributed by atoms with E-state index in [0.717, 1.165) is 27.6 Å². The molecule has 9 heteroatoms. The number of rotatable bonds is 13. The molecule has 196 valence electrons. The van der Waals surface area contributed by atoms with E-state index in [0.29, 0.717) is 19.5 Å². The number of fused-ring (bicyclic) bond motifs is 1. The van der Waals surface area contributed by atoms with Crippen LogP contribution in [0.25, 0.3) is 10.9 Å². The number of benzene rings is 2. The summed E-state index contributed by atoms with van der Waals surface area (Å²) in [4.78, 5) is 45.0. The number of nitrogens with two attached hydrogens (primary N) is 3. The van der Waals surface area contributed by atoms with Gasteiger partial charge in [-0.1, -0.05) is 42.5 Å². The number of ketones is 1. The smallest absolute Gasteiger partial charge is 0.238 e. The van der Waals surface area contributed by atoms with Gasteiger partial charge < -0.3 is 27.4 Å². The van der Waals surface area contributed by atoms with Crippen molar-refractivity contribution in [3.05, 3.63) is 77.5 Å². The summed E-state index contributed by atoms with van der Waals surface area (Å²) in [5, 5.41) is 3.74. The summed E-state index contributed by atoms with van der Waals surface area (Å²) in [6, 6.07) is 15.4. The molecule has 0 saturated heterocycles. The van der Waals surface area contributed by atoms with Crippen LogP contribution >= 0.6 is 0 Å². The fraction of sp³-hybridized carbons (Fsp3) is 0.357. The van der Waals surface area contributed by atoms with Gasteiger partial charge in [-0.15, -0.1) is 0 Å². The molecule has 0 bridgehead atoms. The first-order valence-electron chi connectivity index (χ1n) is 12.5. The number of nitrogens with zero attached hydrogens (tertiary/aromatic N) is 2. The van der Waals surface area contributed by atoms with Crippen LogP contribution in [-0.4, -0.2) is 65.7 Å². The van der Waals surface area contributed by atoms with E-state index >= 15 is 0 Å². The SMILES string of the molecule is Cc1ccccc1C[C@H](NC(=O)[C@@H](N)CC(=O)N(CCN)CCN)C(=O)Cc1cnc2ccccc2c1. The minimum Gasteiger partial charge on any atom is -0.345 e. The molecule has 2 atom stereocenters. The lowest BCUT2D eigenvalue weighted by Gasteiger charge is -2.24. The van der Waals surface area contributed by atoms with Crippen molar-refractivity contribution in [3.8, 4) is 0 Å². The first-order chi connectivity index (χ1) is 17.8. The van der Waals surface area contributed by atoms with E-state index in [9.17, 15) is 14.4 Å². The molecule has 7 N–H and O–H groups in total. The van der Waals surface area contributed by atoms with E-state index in [-0.39, 0.29) is 37.6 Å². The Hall–Kier alpha value is -3.66. The maximum absolute atomic E-state index is 13.4. The number of aryl methyl sites for hydroxylation is 1. The van der Waals surface area contributed by atoms with Crippen LogP contribution in [-0.2, 0) is 27.2 Å². The zero-order valence-electron chi connectivity index (χ0n) is 21.2. The fourth-order valence-corrected chi connectivity index (χ4v) is 4.20. The van der Waals surface area contributed by atoms with Gasteiger partial charge in [-0.05, 0) is 35.7 Å². The third kappa shape index (κ3) is 7.91. The van der Waals surface area contributed by atoms with Crippen molar-refractivity contribution in [3.63, 3.8) is 0 Å². The highest BCUT2D eigenvalue weighted by Crippen LogP contribution is 2.16. The molecule has 37 heavy (non-hydrogen) atoms. The predicted molar refractivity (Wildman–Crippen MR) is 145 cm³/mol. The van der Waals surface area contributed by atoms with Gasteiger partial charge in [-0.3, -0.25) is 19.4 Å². The molecule has 0 aliphatic rings. The second kappa shape index (κ2) is 13.6. The molecule has 0 fully saturated rings. The summed E-state index contributed by atoms with van der Waals surface area (Å²) < 4.78 is 0. The number of para-hydroxylation sites is 1. The summed E-state index contributed by atoms with van der Waals surface area (Å²) >= 11 is 0. The lowest BCUT2D eigenvalue weighted by atomic mass is 9.95. The van der Waals surface area contributed by atoms with Crippen LogP contribution in [0, 0.1) is 6.92 Å². The number of amides is 2. The first-order valence-corrected chi connectivity index (χ1v) is 12.5. The standard InChI is InChI=1S/C28H36N6O3/c1-19-6-2-3-7-21(19)16-25(26(35)15-20-14-22-8-4-5-9-24(22)32-18-20)33-28(37)23(31)17-27(36)34(12-10-29)13-11-30/h2-9,14,18,23,25H,10-13,15-17,29-31H2,1H3,(H,33,37)/t23-,25-/m0/s1. The van der Waals surface area contributed by atoms with Crippen molar-refractivity contribution in [1.29, 1.82) is 0 Å². The lowest BCUT2D eigenvalue weighted by molar-refractivity contribution is -0.134. The second-order valence-corrected chi connectivity index (χ2v) is 9.14. The Balaban J connectivity index is 1.75. The molecule has 0 unspecified atom stereocenters. The number of hydrogen-bond donors (Lipinski definition) is 4. The number of hydrogen-bond acceptors (Lipinski definition) is 7. The molecule has 3 rings (SSSR count). The summed E-state index contributed by atoms with van der Waals surface area (Å²) in [7, 11) is 0. The van der Waals surface area contributed by atoms with Gasteiger partial charge in [0.05, 0.1) is 24.0 Å². The number of pyridine rings is 1. The van der Waals surface area contributed by atoms with E-state index in [1.165, 1.54) is 4.90 Å². The van der Waals surface area contributed by atoms with E-state index < -0.39 is 18.0 Å². The van der Waals surface area contributed by atoms with Gasteiger partial charge >= 0.3 is 0 Å². The fourth-order valence-electron chi connectivity index (χ4n) is 4.20. The molecule has 3 aromatic rings. The third-order valence-electron chi connectivity index (χ3n) is 6.30.